The fraction of sp³-hybridized carbons (Fsp3) is 0.682. The second-order valence-electron chi connectivity index (χ2n) is 8.62. The Morgan fingerprint density at radius 1 is 1.07 bits per heavy atom. The quantitative estimate of drug-likeness (QED) is 0.821. The summed E-state index contributed by atoms with van der Waals surface area (Å²) in [6.07, 6.45) is 8.58. The molecule has 2 amide bonds. The third-order valence-corrected chi connectivity index (χ3v) is 6.66. The van der Waals surface area contributed by atoms with Crippen LogP contribution in [0.15, 0.2) is 24.5 Å². The van der Waals surface area contributed by atoms with E-state index in [9.17, 15) is 9.59 Å². The molecule has 3 aliphatic rings. The minimum absolute atomic E-state index is 0.0593. The Morgan fingerprint density at radius 3 is 2.66 bits per heavy atom. The normalized spacial score (nSPS) is 25.4. The van der Waals surface area contributed by atoms with E-state index in [0.717, 1.165) is 45.6 Å². The monoisotopic (exact) mass is 399 g/mol. The van der Waals surface area contributed by atoms with E-state index in [1.807, 2.05) is 17.3 Å². The molecule has 29 heavy (non-hydrogen) atoms. The first-order valence-electron chi connectivity index (χ1n) is 11.1. The van der Waals surface area contributed by atoms with E-state index in [0.29, 0.717) is 32.1 Å². The molecule has 3 aliphatic heterocycles. The molecule has 1 aromatic rings. The Hall–Kier alpha value is -1.99. The van der Waals surface area contributed by atoms with Crippen LogP contribution in [0.5, 0.6) is 0 Å². The maximum atomic E-state index is 13.0. The third-order valence-electron chi connectivity index (χ3n) is 6.66. The number of likely N-dealkylation sites (tertiary alicyclic amines) is 2. The molecule has 1 atom stereocenters. The van der Waals surface area contributed by atoms with Gasteiger partial charge in [-0.1, -0.05) is 0 Å². The minimum atomic E-state index is 0.0593. The van der Waals surface area contributed by atoms with Gasteiger partial charge in [-0.25, -0.2) is 0 Å². The number of rotatable bonds is 4. The number of nitrogens with one attached hydrogen (secondary N) is 1. The lowest BCUT2D eigenvalue weighted by atomic mass is 9.92. The summed E-state index contributed by atoms with van der Waals surface area (Å²) in [5.41, 5.74) is 1.33. The first-order chi connectivity index (χ1) is 14.2. The summed E-state index contributed by atoms with van der Waals surface area (Å²) < 4.78 is 0. The van der Waals surface area contributed by atoms with Crippen molar-refractivity contribution in [2.24, 2.45) is 5.92 Å². The van der Waals surface area contributed by atoms with Crippen LogP contribution in [0.25, 0.3) is 0 Å². The fourth-order valence-corrected chi connectivity index (χ4v) is 4.97. The lowest BCUT2D eigenvalue weighted by Crippen LogP contribution is -2.51. The van der Waals surface area contributed by atoms with E-state index in [1.54, 1.807) is 0 Å². The van der Waals surface area contributed by atoms with Gasteiger partial charge >= 0.3 is 0 Å². The van der Waals surface area contributed by atoms with Gasteiger partial charge in [-0.15, -0.1) is 0 Å². The molecular weight excluding hydrogens is 366 g/mol. The number of hydrogen-bond donors (Lipinski definition) is 1. The molecule has 7 nitrogen and oxygen atoms in total. The van der Waals surface area contributed by atoms with E-state index in [1.165, 1.54) is 18.4 Å². The topological polar surface area (TPSA) is 68.8 Å². The maximum absolute atomic E-state index is 13.0. The van der Waals surface area contributed by atoms with Gasteiger partial charge in [-0.3, -0.25) is 24.4 Å². The number of amides is 2. The largest absolute Gasteiger partial charge is 0.354 e. The first kappa shape index (κ1) is 20.3. The smallest absolute Gasteiger partial charge is 0.227 e. The predicted octanol–water partition coefficient (Wildman–Crippen LogP) is 1.11. The molecular formula is C22H33N5O2. The van der Waals surface area contributed by atoms with E-state index in [2.05, 4.69) is 32.2 Å². The molecule has 7 heteroatoms. The third kappa shape index (κ3) is 5.34. The summed E-state index contributed by atoms with van der Waals surface area (Å²) in [7, 11) is 0. The first-order valence-corrected chi connectivity index (χ1v) is 11.1. The molecule has 3 fully saturated rings. The fourth-order valence-electron chi connectivity index (χ4n) is 4.97. The molecule has 0 aliphatic carbocycles. The molecule has 1 N–H and O–H groups in total. The van der Waals surface area contributed by atoms with Gasteiger partial charge in [0.15, 0.2) is 0 Å². The van der Waals surface area contributed by atoms with E-state index < -0.39 is 0 Å². The van der Waals surface area contributed by atoms with E-state index >= 15 is 0 Å². The molecule has 1 unspecified atom stereocenters. The summed E-state index contributed by atoms with van der Waals surface area (Å²) in [5, 5.41) is 2.86. The zero-order chi connectivity index (χ0) is 20.1. The number of aromatic nitrogens is 1. The van der Waals surface area contributed by atoms with E-state index in [4.69, 9.17) is 0 Å². The van der Waals surface area contributed by atoms with Crippen molar-refractivity contribution < 1.29 is 9.59 Å². The molecule has 3 saturated heterocycles. The summed E-state index contributed by atoms with van der Waals surface area (Å²) in [6.45, 7) is 7.01. The highest BCUT2D eigenvalue weighted by molar-refractivity contribution is 5.81. The number of pyridine rings is 1. The highest BCUT2D eigenvalue weighted by Crippen LogP contribution is 2.26. The van der Waals surface area contributed by atoms with Crippen molar-refractivity contribution in [3.05, 3.63) is 30.1 Å². The highest BCUT2D eigenvalue weighted by Gasteiger charge is 2.33. The molecule has 158 valence electrons. The van der Waals surface area contributed by atoms with Gasteiger partial charge in [0.2, 0.25) is 11.8 Å². The Bertz CT molecular complexity index is 690. The average molecular weight is 400 g/mol. The average Bonchev–Trinajstić information content (AvgIpc) is 2.99. The lowest BCUT2D eigenvalue weighted by Gasteiger charge is -2.42. The van der Waals surface area contributed by atoms with Crippen LogP contribution >= 0.6 is 0 Å². The lowest BCUT2D eigenvalue weighted by molar-refractivity contribution is -0.137. The van der Waals surface area contributed by atoms with Gasteiger partial charge in [-0.05, 0) is 63.0 Å². The Balaban J connectivity index is 1.26. The van der Waals surface area contributed by atoms with Crippen LogP contribution < -0.4 is 5.32 Å². The van der Waals surface area contributed by atoms with Crippen LogP contribution in [-0.2, 0) is 16.1 Å². The zero-order valence-electron chi connectivity index (χ0n) is 17.3. The van der Waals surface area contributed by atoms with Crippen LogP contribution in [0.4, 0.5) is 0 Å². The Labute approximate surface area is 173 Å². The van der Waals surface area contributed by atoms with Gasteiger partial charge in [0.25, 0.3) is 0 Å². The Kier molecular flexibility index (Phi) is 6.77. The van der Waals surface area contributed by atoms with Gasteiger partial charge in [0.05, 0.1) is 5.92 Å². The van der Waals surface area contributed by atoms with Crippen molar-refractivity contribution in [2.45, 2.75) is 44.7 Å². The predicted molar refractivity (Wildman–Crippen MR) is 111 cm³/mol. The van der Waals surface area contributed by atoms with Gasteiger partial charge in [-0.2, -0.15) is 0 Å². The number of nitrogens with zero attached hydrogens (tertiary/aromatic N) is 4. The summed E-state index contributed by atoms with van der Waals surface area (Å²) in [5.74, 6) is 0.400. The van der Waals surface area contributed by atoms with Crippen molar-refractivity contribution in [2.75, 3.05) is 45.8 Å². The van der Waals surface area contributed by atoms with Gasteiger partial charge in [0.1, 0.15) is 0 Å². The number of hydrogen-bond acceptors (Lipinski definition) is 5. The van der Waals surface area contributed by atoms with Crippen molar-refractivity contribution in [3.63, 3.8) is 0 Å². The van der Waals surface area contributed by atoms with Crippen molar-refractivity contribution in [1.82, 2.24) is 25.0 Å². The summed E-state index contributed by atoms with van der Waals surface area (Å²) in [4.78, 5) is 35.7. The molecule has 0 spiro atoms. The van der Waals surface area contributed by atoms with Crippen LogP contribution in [0.3, 0.4) is 0 Å². The van der Waals surface area contributed by atoms with Crippen molar-refractivity contribution >= 4 is 11.8 Å². The summed E-state index contributed by atoms with van der Waals surface area (Å²) in [6, 6.07) is 4.78. The molecule has 4 heterocycles. The standard InChI is InChI=1S/C22H33N5O2/c28-21-7-14-26(15-10-24-21)22(29)19-2-1-11-27(17-19)20-5-12-25(13-6-20)16-18-3-8-23-9-4-18/h3-4,8-9,19-20H,1-2,5-7,10-17H2,(H,24,28). The van der Waals surface area contributed by atoms with Gasteiger partial charge in [0, 0.05) is 57.6 Å². The Morgan fingerprint density at radius 2 is 1.86 bits per heavy atom. The number of piperidine rings is 2. The molecule has 0 bridgehead atoms. The second kappa shape index (κ2) is 9.67. The molecule has 0 radical (unpaired) electrons. The van der Waals surface area contributed by atoms with Gasteiger partial charge < -0.3 is 10.2 Å². The maximum Gasteiger partial charge on any atom is 0.227 e. The minimum Gasteiger partial charge on any atom is -0.354 e. The van der Waals surface area contributed by atoms with Crippen LogP contribution in [0.1, 0.15) is 37.7 Å². The number of carbonyl (C=O) groups is 2. The zero-order valence-corrected chi connectivity index (χ0v) is 17.3. The van der Waals surface area contributed by atoms with Crippen LogP contribution in [0, 0.1) is 5.92 Å². The second-order valence-corrected chi connectivity index (χ2v) is 8.62. The SMILES string of the molecule is O=C1CCN(C(=O)C2CCCN(C3CCN(Cc4ccncc4)CC3)C2)CCN1. The van der Waals surface area contributed by atoms with E-state index in [-0.39, 0.29) is 17.7 Å². The van der Waals surface area contributed by atoms with Crippen LogP contribution in [0.2, 0.25) is 0 Å². The molecule has 4 rings (SSSR count). The highest BCUT2D eigenvalue weighted by atomic mass is 16.2. The number of carbonyl (C=O) groups excluding carboxylic acids is 2. The molecule has 1 aromatic heterocycles. The summed E-state index contributed by atoms with van der Waals surface area (Å²) >= 11 is 0. The molecule has 0 saturated carbocycles. The van der Waals surface area contributed by atoms with Crippen molar-refractivity contribution in [1.29, 1.82) is 0 Å². The molecule has 0 aromatic carbocycles. The van der Waals surface area contributed by atoms with Crippen molar-refractivity contribution in [3.8, 4) is 0 Å². The van der Waals surface area contributed by atoms with Crippen LogP contribution in [-0.4, -0.2) is 83.4 Å².